The van der Waals surface area contributed by atoms with Crippen LogP contribution in [-0.2, 0) is 9.84 Å². The van der Waals surface area contributed by atoms with Crippen LogP contribution in [0.2, 0.25) is 0 Å². The number of piperidine rings is 1. The fourth-order valence-electron chi connectivity index (χ4n) is 2.10. The molecule has 1 aromatic rings. The van der Waals surface area contributed by atoms with Gasteiger partial charge in [0.25, 0.3) is 0 Å². The fourth-order valence-corrected chi connectivity index (χ4v) is 3.16. The first-order valence-electron chi connectivity index (χ1n) is 5.41. The van der Waals surface area contributed by atoms with Crippen LogP contribution in [0, 0.1) is 0 Å². The monoisotopic (exact) mass is 240 g/mol. The molecular formula is C11H16N2O2S. The van der Waals surface area contributed by atoms with Crippen molar-refractivity contribution in [2.75, 3.05) is 24.2 Å². The summed E-state index contributed by atoms with van der Waals surface area (Å²) in [5.74, 6) is 0. The van der Waals surface area contributed by atoms with Crippen LogP contribution < -0.4 is 4.90 Å². The zero-order chi connectivity index (χ0) is 11.6. The van der Waals surface area contributed by atoms with Gasteiger partial charge in [-0.1, -0.05) is 0 Å². The number of hydrogen-bond acceptors (Lipinski definition) is 4. The SMILES string of the molecule is CS(=O)(=O)C1CCN(c2ccncc2)CC1. The Bertz CT molecular complexity index is 436. The molecule has 0 spiro atoms. The van der Waals surface area contributed by atoms with Crippen LogP contribution in [0.1, 0.15) is 12.8 Å². The summed E-state index contributed by atoms with van der Waals surface area (Å²) in [5, 5.41) is -0.161. The summed E-state index contributed by atoms with van der Waals surface area (Å²) in [6.45, 7) is 1.61. The topological polar surface area (TPSA) is 50.3 Å². The minimum Gasteiger partial charge on any atom is -0.371 e. The summed E-state index contributed by atoms with van der Waals surface area (Å²) in [4.78, 5) is 6.18. The first-order valence-corrected chi connectivity index (χ1v) is 7.36. The van der Waals surface area contributed by atoms with E-state index in [-0.39, 0.29) is 5.25 Å². The van der Waals surface area contributed by atoms with Gasteiger partial charge in [0.05, 0.1) is 5.25 Å². The quantitative estimate of drug-likeness (QED) is 0.776. The van der Waals surface area contributed by atoms with Gasteiger partial charge in [0.1, 0.15) is 9.84 Å². The molecule has 0 aliphatic carbocycles. The summed E-state index contributed by atoms with van der Waals surface area (Å²) < 4.78 is 22.8. The fraction of sp³-hybridized carbons (Fsp3) is 0.545. The van der Waals surface area contributed by atoms with Gasteiger partial charge < -0.3 is 4.90 Å². The van der Waals surface area contributed by atoms with Crippen molar-refractivity contribution < 1.29 is 8.42 Å². The van der Waals surface area contributed by atoms with Gasteiger partial charge in [0.15, 0.2) is 0 Å². The van der Waals surface area contributed by atoms with E-state index in [1.54, 1.807) is 12.4 Å². The van der Waals surface area contributed by atoms with Gasteiger partial charge in [-0.2, -0.15) is 0 Å². The summed E-state index contributed by atoms with van der Waals surface area (Å²) >= 11 is 0. The highest BCUT2D eigenvalue weighted by Crippen LogP contribution is 2.22. The zero-order valence-corrected chi connectivity index (χ0v) is 10.2. The second-order valence-electron chi connectivity index (χ2n) is 4.22. The molecule has 0 unspecified atom stereocenters. The van der Waals surface area contributed by atoms with Gasteiger partial charge in [-0.3, -0.25) is 4.98 Å². The lowest BCUT2D eigenvalue weighted by atomic mass is 10.1. The molecule has 0 atom stereocenters. The Kier molecular flexibility index (Phi) is 3.14. The Morgan fingerprint density at radius 1 is 1.25 bits per heavy atom. The van der Waals surface area contributed by atoms with Crippen molar-refractivity contribution in [1.82, 2.24) is 4.98 Å². The number of pyridine rings is 1. The van der Waals surface area contributed by atoms with E-state index in [0.717, 1.165) is 31.6 Å². The summed E-state index contributed by atoms with van der Waals surface area (Å²) in [6.07, 6.45) is 6.30. The largest absolute Gasteiger partial charge is 0.371 e. The molecule has 0 N–H and O–H groups in total. The molecule has 1 fully saturated rings. The molecule has 0 amide bonds. The first kappa shape index (κ1) is 11.4. The normalized spacial score (nSPS) is 18.7. The lowest BCUT2D eigenvalue weighted by molar-refractivity contribution is 0.534. The van der Waals surface area contributed by atoms with Crippen LogP contribution >= 0.6 is 0 Å². The molecular weight excluding hydrogens is 224 g/mol. The van der Waals surface area contributed by atoms with E-state index in [2.05, 4.69) is 9.88 Å². The average molecular weight is 240 g/mol. The highest BCUT2D eigenvalue weighted by atomic mass is 32.2. The molecule has 4 nitrogen and oxygen atoms in total. The lowest BCUT2D eigenvalue weighted by Gasteiger charge is -2.32. The predicted octanol–water partition coefficient (Wildman–Crippen LogP) is 1.10. The van der Waals surface area contributed by atoms with Crippen LogP contribution in [0.25, 0.3) is 0 Å². The highest BCUT2D eigenvalue weighted by Gasteiger charge is 2.26. The molecule has 2 rings (SSSR count). The van der Waals surface area contributed by atoms with Gasteiger partial charge >= 0.3 is 0 Å². The minimum atomic E-state index is -2.87. The van der Waals surface area contributed by atoms with Gasteiger partial charge in [-0.05, 0) is 25.0 Å². The van der Waals surface area contributed by atoms with Crippen molar-refractivity contribution in [2.24, 2.45) is 0 Å². The molecule has 0 radical (unpaired) electrons. The number of rotatable bonds is 2. The molecule has 5 heteroatoms. The van der Waals surface area contributed by atoms with Crippen molar-refractivity contribution in [3.8, 4) is 0 Å². The zero-order valence-electron chi connectivity index (χ0n) is 9.33. The van der Waals surface area contributed by atoms with Gasteiger partial charge in [-0.25, -0.2) is 8.42 Å². The first-order chi connectivity index (χ1) is 7.57. The molecule has 2 heterocycles. The van der Waals surface area contributed by atoms with Crippen LogP contribution in [0.4, 0.5) is 5.69 Å². The Morgan fingerprint density at radius 3 is 2.31 bits per heavy atom. The lowest BCUT2D eigenvalue weighted by Crippen LogP contribution is -2.38. The van der Waals surface area contributed by atoms with E-state index >= 15 is 0 Å². The second kappa shape index (κ2) is 4.41. The van der Waals surface area contributed by atoms with Crippen molar-refractivity contribution in [2.45, 2.75) is 18.1 Å². The van der Waals surface area contributed by atoms with Gasteiger partial charge in [0, 0.05) is 37.4 Å². The Hall–Kier alpha value is -1.10. The Labute approximate surface area is 96.2 Å². The van der Waals surface area contributed by atoms with Gasteiger partial charge in [-0.15, -0.1) is 0 Å². The Balaban J connectivity index is 2.01. The molecule has 0 saturated carbocycles. The number of anilines is 1. The van der Waals surface area contributed by atoms with E-state index in [1.165, 1.54) is 6.26 Å². The minimum absolute atomic E-state index is 0.161. The molecule has 88 valence electrons. The van der Waals surface area contributed by atoms with E-state index < -0.39 is 9.84 Å². The van der Waals surface area contributed by atoms with Crippen LogP contribution in [-0.4, -0.2) is 38.0 Å². The van der Waals surface area contributed by atoms with E-state index in [1.807, 2.05) is 12.1 Å². The molecule has 1 aliphatic rings. The smallest absolute Gasteiger partial charge is 0.150 e. The maximum atomic E-state index is 11.4. The number of sulfone groups is 1. The van der Waals surface area contributed by atoms with Crippen LogP contribution in [0.15, 0.2) is 24.5 Å². The molecule has 0 aromatic carbocycles. The summed E-state index contributed by atoms with van der Waals surface area (Å²) in [5.41, 5.74) is 1.13. The summed E-state index contributed by atoms with van der Waals surface area (Å²) in [6, 6.07) is 3.92. The van der Waals surface area contributed by atoms with Crippen LogP contribution in [0.5, 0.6) is 0 Å². The van der Waals surface area contributed by atoms with E-state index in [9.17, 15) is 8.42 Å². The molecule has 16 heavy (non-hydrogen) atoms. The third kappa shape index (κ3) is 2.52. The maximum absolute atomic E-state index is 11.4. The van der Waals surface area contributed by atoms with E-state index in [4.69, 9.17) is 0 Å². The molecule has 1 saturated heterocycles. The number of nitrogens with zero attached hydrogens (tertiary/aromatic N) is 2. The highest BCUT2D eigenvalue weighted by molar-refractivity contribution is 7.91. The van der Waals surface area contributed by atoms with Gasteiger partial charge in [0.2, 0.25) is 0 Å². The standard InChI is InChI=1S/C11H16N2O2S/c1-16(14,15)11-4-8-13(9-5-11)10-2-6-12-7-3-10/h2-3,6-7,11H,4-5,8-9H2,1H3. The van der Waals surface area contributed by atoms with Crippen molar-refractivity contribution in [3.05, 3.63) is 24.5 Å². The molecule has 1 aromatic heterocycles. The van der Waals surface area contributed by atoms with Crippen molar-refractivity contribution in [3.63, 3.8) is 0 Å². The third-order valence-corrected chi connectivity index (χ3v) is 4.76. The number of aromatic nitrogens is 1. The van der Waals surface area contributed by atoms with Crippen molar-refractivity contribution in [1.29, 1.82) is 0 Å². The maximum Gasteiger partial charge on any atom is 0.150 e. The second-order valence-corrected chi connectivity index (χ2v) is 6.55. The predicted molar refractivity (Wildman–Crippen MR) is 64.3 cm³/mol. The van der Waals surface area contributed by atoms with Crippen LogP contribution in [0.3, 0.4) is 0 Å². The average Bonchev–Trinajstić information content (AvgIpc) is 2.29. The molecule has 1 aliphatic heterocycles. The summed E-state index contributed by atoms with van der Waals surface area (Å²) in [7, 11) is -2.87. The third-order valence-electron chi connectivity index (χ3n) is 3.08. The number of hydrogen-bond donors (Lipinski definition) is 0. The van der Waals surface area contributed by atoms with E-state index in [0.29, 0.717) is 0 Å². The Morgan fingerprint density at radius 2 is 1.81 bits per heavy atom. The molecule has 0 bridgehead atoms. The van der Waals surface area contributed by atoms with Crippen molar-refractivity contribution >= 4 is 15.5 Å².